The number of nitrogens with one attached hydrogen (secondary N) is 1. The number of amides is 1. The van der Waals surface area contributed by atoms with Gasteiger partial charge >= 0.3 is 0 Å². The predicted molar refractivity (Wildman–Crippen MR) is 50.6 cm³/mol. The van der Waals surface area contributed by atoms with Crippen LogP contribution < -0.4 is 5.32 Å². The molecule has 0 fully saturated rings. The van der Waals surface area contributed by atoms with E-state index >= 15 is 0 Å². The third kappa shape index (κ3) is 6.54. The van der Waals surface area contributed by atoms with E-state index in [9.17, 15) is 4.79 Å². The van der Waals surface area contributed by atoms with Crippen molar-refractivity contribution in [2.75, 3.05) is 26.9 Å². The minimum Gasteiger partial charge on any atom is -0.375 e. The van der Waals surface area contributed by atoms with Crippen LogP contribution in [0, 0.1) is 0 Å². The lowest BCUT2D eigenvalue weighted by Crippen LogP contribution is -2.41. The van der Waals surface area contributed by atoms with Crippen molar-refractivity contribution in [3.8, 4) is 0 Å². The highest BCUT2D eigenvalue weighted by atomic mass is 16.5. The number of hydrogen-bond acceptors (Lipinski definition) is 3. The molecule has 0 aromatic carbocycles. The van der Waals surface area contributed by atoms with Crippen LogP contribution in [0.1, 0.15) is 20.8 Å². The normalized spacial score (nSPS) is 11.4. The molecule has 0 aliphatic rings. The molecule has 1 amide bonds. The predicted octanol–water partition coefficient (Wildman–Crippen LogP) is 0.564. The molecule has 0 aliphatic carbocycles. The molecule has 1 N–H and O–H groups in total. The number of ether oxygens (including phenoxy) is 2. The van der Waals surface area contributed by atoms with Gasteiger partial charge in [0.15, 0.2) is 0 Å². The first-order valence-electron chi connectivity index (χ1n) is 4.41. The lowest BCUT2D eigenvalue weighted by atomic mass is 10.1. The first-order valence-corrected chi connectivity index (χ1v) is 4.41. The van der Waals surface area contributed by atoms with Crippen molar-refractivity contribution < 1.29 is 14.3 Å². The zero-order valence-corrected chi connectivity index (χ0v) is 8.85. The molecule has 4 heteroatoms. The molecule has 0 aromatic heterocycles. The summed E-state index contributed by atoms with van der Waals surface area (Å²) < 4.78 is 10.1. The lowest BCUT2D eigenvalue weighted by molar-refractivity contribution is -0.126. The summed E-state index contributed by atoms with van der Waals surface area (Å²) in [5.41, 5.74) is -0.307. The van der Waals surface area contributed by atoms with Crippen LogP contribution in [0.15, 0.2) is 0 Å². The average Bonchev–Trinajstić information content (AvgIpc) is 2.02. The monoisotopic (exact) mass is 189 g/mol. The summed E-state index contributed by atoms with van der Waals surface area (Å²) in [6.07, 6.45) is 0. The Balaban J connectivity index is 3.67. The van der Waals surface area contributed by atoms with Gasteiger partial charge in [-0.3, -0.25) is 4.79 Å². The second-order valence-corrected chi connectivity index (χ2v) is 3.40. The van der Waals surface area contributed by atoms with E-state index in [1.807, 2.05) is 20.8 Å². The SMILES string of the molecule is CCOC(C)(C)CNC(=O)COC. The molecule has 0 aliphatic heterocycles. The summed E-state index contributed by atoms with van der Waals surface area (Å²) >= 11 is 0. The summed E-state index contributed by atoms with van der Waals surface area (Å²) in [4.78, 5) is 11.0. The molecule has 0 saturated heterocycles. The van der Waals surface area contributed by atoms with E-state index in [-0.39, 0.29) is 18.1 Å². The standard InChI is InChI=1S/C9H19NO3/c1-5-13-9(2,3)7-10-8(11)6-12-4/h5-7H2,1-4H3,(H,10,11). The number of methoxy groups -OCH3 is 1. The van der Waals surface area contributed by atoms with E-state index in [0.29, 0.717) is 13.2 Å². The Morgan fingerprint density at radius 2 is 2.08 bits per heavy atom. The maximum atomic E-state index is 11.0. The van der Waals surface area contributed by atoms with Gasteiger partial charge in [-0.1, -0.05) is 0 Å². The van der Waals surface area contributed by atoms with Crippen molar-refractivity contribution in [3.05, 3.63) is 0 Å². The number of rotatable bonds is 6. The Labute approximate surface area is 79.6 Å². The van der Waals surface area contributed by atoms with E-state index in [4.69, 9.17) is 4.74 Å². The van der Waals surface area contributed by atoms with E-state index in [1.165, 1.54) is 7.11 Å². The maximum absolute atomic E-state index is 11.0. The van der Waals surface area contributed by atoms with Gasteiger partial charge in [-0.25, -0.2) is 0 Å². The van der Waals surface area contributed by atoms with Gasteiger partial charge in [0.25, 0.3) is 0 Å². The van der Waals surface area contributed by atoms with E-state index in [0.717, 1.165) is 0 Å². The third-order valence-corrected chi connectivity index (χ3v) is 1.52. The van der Waals surface area contributed by atoms with Crippen LogP contribution in [-0.4, -0.2) is 38.4 Å². The Morgan fingerprint density at radius 1 is 1.46 bits per heavy atom. The lowest BCUT2D eigenvalue weighted by Gasteiger charge is -2.24. The van der Waals surface area contributed by atoms with E-state index in [1.54, 1.807) is 0 Å². The van der Waals surface area contributed by atoms with Crippen molar-refractivity contribution in [1.82, 2.24) is 5.32 Å². The van der Waals surface area contributed by atoms with Gasteiger partial charge in [-0.15, -0.1) is 0 Å². The summed E-state index contributed by atoms with van der Waals surface area (Å²) in [7, 11) is 1.49. The summed E-state index contributed by atoms with van der Waals surface area (Å²) in [6, 6.07) is 0. The van der Waals surface area contributed by atoms with Crippen molar-refractivity contribution >= 4 is 5.91 Å². The van der Waals surface area contributed by atoms with Crippen LogP contribution in [0.2, 0.25) is 0 Å². The first-order chi connectivity index (χ1) is 6.02. The molecule has 0 heterocycles. The van der Waals surface area contributed by atoms with Crippen LogP contribution in [0.25, 0.3) is 0 Å². The minimum absolute atomic E-state index is 0.0994. The fraction of sp³-hybridized carbons (Fsp3) is 0.889. The van der Waals surface area contributed by atoms with Crippen molar-refractivity contribution in [2.24, 2.45) is 0 Å². The topological polar surface area (TPSA) is 47.6 Å². The van der Waals surface area contributed by atoms with E-state index < -0.39 is 0 Å². The maximum Gasteiger partial charge on any atom is 0.246 e. The third-order valence-electron chi connectivity index (χ3n) is 1.52. The molecule has 0 rings (SSSR count). The smallest absolute Gasteiger partial charge is 0.246 e. The molecule has 0 spiro atoms. The Hall–Kier alpha value is -0.610. The molecule has 0 saturated carbocycles. The highest BCUT2D eigenvalue weighted by molar-refractivity contribution is 5.77. The van der Waals surface area contributed by atoms with Gasteiger partial charge in [0, 0.05) is 20.3 Å². The van der Waals surface area contributed by atoms with Gasteiger partial charge in [0.2, 0.25) is 5.91 Å². The quantitative estimate of drug-likeness (QED) is 0.664. The fourth-order valence-corrected chi connectivity index (χ4v) is 0.935. The summed E-state index contributed by atoms with van der Waals surface area (Å²) in [5.74, 6) is -0.115. The zero-order valence-electron chi connectivity index (χ0n) is 8.85. The van der Waals surface area contributed by atoms with Gasteiger partial charge in [-0.05, 0) is 20.8 Å². The fourth-order valence-electron chi connectivity index (χ4n) is 0.935. The highest BCUT2D eigenvalue weighted by Gasteiger charge is 2.18. The summed E-state index contributed by atoms with van der Waals surface area (Å²) in [6.45, 7) is 7.05. The Bertz CT molecular complexity index is 157. The number of hydrogen-bond donors (Lipinski definition) is 1. The van der Waals surface area contributed by atoms with Crippen LogP contribution >= 0.6 is 0 Å². The first kappa shape index (κ1) is 12.4. The molecule has 0 radical (unpaired) electrons. The van der Waals surface area contributed by atoms with Crippen molar-refractivity contribution in [2.45, 2.75) is 26.4 Å². The van der Waals surface area contributed by atoms with Crippen molar-refractivity contribution in [1.29, 1.82) is 0 Å². The van der Waals surface area contributed by atoms with Gasteiger partial charge in [-0.2, -0.15) is 0 Å². The molecule has 4 nitrogen and oxygen atoms in total. The average molecular weight is 189 g/mol. The second kappa shape index (κ2) is 5.94. The van der Waals surface area contributed by atoms with Gasteiger partial charge in [0.05, 0.1) is 5.60 Å². The van der Waals surface area contributed by atoms with Crippen LogP contribution in [-0.2, 0) is 14.3 Å². The minimum atomic E-state index is -0.307. The van der Waals surface area contributed by atoms with Crippen LogP contribution in [0.3, 0.4) is 0 Å². The van der Waals surface area contributed by atoms with Crippen LogP contribution in [0.4, 0.5) is 0 Å². The molecule has 0 aromatic rings. The molecule has 0 bridgehead atoms. The molecule has 78 valence electrons. The Morgan fingerprint density at radius 3 is 2.54 bits per heavy atom. The molecular formula is C9H19NO3. The zero-order chi connectivity index (χ0) is 10.3. The molecule has 0 atom stereocenters. The van der Waals surface area contributed by atoms with Crippen LogP contribution in [0.5, 0.6) is 0 Å². The Kier molecular flexibility index (Phi) is 5.66. The molecular weight excluding hydrogens is 170 g/mol. The molecule has 13 heavy (non-hydrogen) atoms. The highest BCUT2D eigenvalue weighted by Crippen LogP contribution is 2.06. The largest absolute Gasteiger partial charge is 0.375 e. The summed E-state index contributed by atoms with van der Waals surface area (Å²) in [5, 5.41) is 2.72. The molecule has 0 unspecified atom stereocenters. The number of carbonyl (C=O) groups is 1. The van der Waals surface area contributed by atoms with Crippen molar-refractivity contribution in [3.63, 3.8) is 0 Å². The van der Waals surface area contributed by atoms with E-state index in [2.05, 4.69) is 10.1 Å². The van der Waals surface area contributed by atoms with Gasteiger partial charge in [0.1, 0.15) is 6.61 Å². The van der Waals surface area contributed by atoms with Gasteiger partial charge < -0.3 is 14.8 Å². The number of carbonyl (C=O) groups excluding carboxylic acids is 1. The second-order valence-electron chi connectivity index (χ2n) is 3.40.